The molecule has 0 N–H and O–H groups in total. The molecule has 2 aromatic carbocycles. The molecule has 2 aliphatic carbocycles. The molecule has 0 saturated heterocycles. The van der Waals surface area contributed by atoms with E-state index in [1.165, 1.54) is 47.5 Å². The number of aromatic nitrogens is 4. The Balaban J connectivity index is 0.000000410. The molecule has 176 valence electrons. The summed E-state index contributed by atoms with van der Waals surface area (Å²) in [6, 6.07) is 14.7. The predicted molar refractivity (Wildman–Crippen MR) is 141 cm³/mol. The van der Waals surface area contributed by atoms with Crippen molar-refractivity contribution in [2.45, 2.75) is 39.0 Å². The van der Waals surface area contributed by atoms with Crippen molar-refractivity contribution in [1.82, 2.24) is 19.5 Å². The predicted octanol–water partition coefficient (Wildman–Crippen LogP) is 7.84. The highest BCUT2D eigenvalue weighted by Crippen LogP contribution is 2.51. The Morgan fingerprint density at radius 3 is 2.60 bits per heavy atom. The second-order valence-electron chi connectivity index (χ2n) is 10.2. The normalized spacial score (nSPS) is 20.2. The molecule has 3 aromatic heterocycles. The standard InChI is InChI=1S/C25H23ClN4.C4H4O/c1-25(2)10-9-16-15(12-25)7-8-18-17-5-3-4-6-19(17)21(11-20(16)18)30-14-29-22-23(26)27-13-28-24(22)30;1-2-4-5-3-1/h3-8,11,13-16H,9-10,12H2,1-2H3;1-4H. The third-order valence-electron chi connectivity index (χ3n) is 7.42. The number of allylic oxidation sites excluding steroid dienone is 1. The van der Waals surface area contributed by atoms with Crippen LogP contribution in [0.25, 0.3) is 33.7 Å². The Kier molecular flexibility index (Phi) is 5.45. The first-order valence-corrected chi connectivity index (χ1v) is 12.4. The molecule has 3 heterocycles. The molecule has 2 unspecified atom stereocenters. The van der Waals surface area contributed by atoms with Gasteiger partial charge in [0.05, 0.1) is 18.2 Å². The number of fused-ring (bicyclic) bond motifs is 6. The Morgan fingerprint density at radius 2 is 1.83 bits per heavy atom. The number of benzene rings is 2. The summed E-state index contributed by atoms with van der Waals surface area (Å²) in [5.74, 6) is 1.17. The van der Waals surface area contributed by atoms with Gasteiger partial charge in [-0.15, -0.1) is 0 Å². The van der Waals surface area contributed by atoms with Crippen LogP contribution in [-0.4, -0.2) is 19.5 Å². The molecule has 7 rings (SSSR count). The summed E-state index contributed by atoms with van der Waals surface area (Å²) in [7, 11) is 0. The van der Waals surface area contributed by atoms with Gasteiger partial charge in [0.25, 0.3) is 0 Å². The van der Waals surface area contributed by atoms with Gasteiger partial charge in [0.15, 0.2) is 10.8 Å². The maximum atomic E-state index is 6.27. The Bertz CT molecular complexity index is 1520. The molecule has 6 heteroatoms. The monoisotopic (exact) mass is 482 g/mol. The molecule has 0 amide bonds. The second kappa shape index (κ2) is 8.65. The average Bonchev–Trinajstić information content (AvgIpc) is 3.57. The third-order valence-corrected chi connectivity index (χ3v) is 7.69. The van der Waals surface area contributed by atoms with Crippen molar-refractivity contribution in [3.63, 3.8) is 0 Å². The van der Waals surface area contributed by atoms with Gasteiger partial charge in [-0.05, 0) is 71.2 Å². The molecule has 0 bridgehead atoms. The second-order valence-corrected chi connectivity index (χ2v) is 10.6. The van der Waals surface area contributed by atoms with Gasteiger partial charge in [0, 0.05) is 5.39 Å². The van der Waals surface area contributed by atoms with Crippen LogP contribution < -0.4 is 0 Å². The smallest absolute Gasteiger partial charge is 0.169 e. The molecule has 0 spiro atoms. The summed E-state index contributed by atoms with van der Waals surface area (Å²) in [6.45, 7) is 4.80. The van der Waals surface area contributed by atoms with Gasteiger partial charge in [-0.1, -0.05) is 61.9 Å². The number of hydrogen-bond acceptors (Lipinski definition) is 4. The lowest BCUT2D eigenvalue weighted by Crippen LogP contribution is -2.29. The summed E-state index contributed by atoms with van der Waals surface area (Å²) >= 11 is 6.27. The van der Waals surface area contributed by atoms with E-state index in [9.17, 15) is 0 Å². The quantitative estimate of drug-likeness (QED) is 0.228. The largest absolute Gasteiger partial charge is 0.473 e. The molecule has 2 atom stereocenters. The molecular weight excluding hydrogens is 456 g/mol. The summed E-state index contributed by atoms with van der Waals surface area (Å²) in [5, 5.41) is 2.87. The van der Waals surface area contributed by atoms with Crippen molar-refractivity contribution >= 4 is 39.6 Å². The lowest BCUT2D eigenvalue weighted by molar-refractivity contribution is 0.182. The van der Waals surface area contributed by atoms with E-state index >= 15 is 0 Å². The van der Waals surface area contributed by atoms with Gasteiger partial charge in [-0.3, -0.25) is 4.57 Å². The lowest BCUT2D eigenvalue weighted by atomic mass is 9.63. The number of rotatable bonds is 1. The molecule has 1 fully saturated rings. The average molecular weight is 483 g/mol. The van der Waals surface area contributed by atoms with Gasteiger partial charge >= 0.3 is 0 Å². The van der Waals surface area contributed by atoms with Crippen LogP contribution in [0.1, 0.15) is 50.2 Å². The van der Waals surface area contributed by atoms with Gasteiger partial charge in [-0.2, -0.15) is 0 Å². The van der Waals surface area contributed by atoms with Crippen LogP contribution in [0.4, 0.5) is 0 Å². The van der Waals surface area contributed by atoms with Crippen molar-refractivity contribution in [2.75, 3.05) is 0 Å². The van der Waals surface area contributed by atoms with Crippen LogP contribution in [0.2, 0.25) is 5.15 Å². The molecule has 5 nitrogen and oxygen atoms in total. The van der Waals surface area contributed by atoms with Crippen molar-refractivity contribution in [3.8, 4) is 5.69 Å². The van der Waals surface area contributed by atoms with Crippen molar-refractivity contribution in [2.24, 2.45) is 11.3 Å². The van der Waals surface area contributed by atoms with Crippen molar-refractivity contribution in [3.05, 3.63) is 90.0 Å². The fourth-order valence-corrected chi connectivity index (χ4v) is 5.93. The van der Waals surface area contributed by atoms with E-state index in [4.69, 9.17) is 11.6 Å². The minimum Gasteiger partial charge on any atom is -0.473 e. The molecule has 5 aromatic rings. The highest BCUT2D eigenvalue weighted by atomic mass is 35.5. The maximum Gasteiger partial charge on any atom is 0.169 e. The van der Waals surface area contributed by atoms with Crippen LogP contribution in [0.5, 0.6) is 0 Å². The topological polar surface area (TPSA) is 56.7 Å². The van der Waals surface area contributed by atoms with E-state index < -0.39 is 0 Å². The van der Waals surface area contributed by atoms with Gasteiger partial charge in [-0.25, -0.2) is 15.0 Å². The lowest BCUT2D eigenvalue weighted by Gasteiger charge is -2.42. The molecule has 0 aliphatic heterocycles. The van der Waals surface area contributed by atoms with Crippen LogP contribution >= 0.6 is 11.6 Å². The van der Waals surface area contributed by atoms with Crippen molar-refractivity contribution < 1.29 is 4.42 Å². The van der Waals surface area contributed by atoms with Crippen LogP contribution in [-0.2, 0) is 0 Å². The highest BCUT2D eigenvalue weighted by Gasteiger charge is 2.37. The van der Waals surface area contributed by atoms with Gasteiger partial charge < -0.3 is 4.42 Å². The zero-order valence-corrected chi connectivity index (χ0v) is 20.6. The van der Waals surface area contributed by atoms with Gasteiger partial charge in [0.1, 0.15) is 18.2 Å². The molecule has 35 heavy (non-hydrogen) atoms. The van der Waals surface area contributed by atoms with E-state index in [2.05, 4.69) is 80.3 Å². The van der Waals surface area contributed by atoms with Crippen LogP contribution in [0.15, 0.2) is 78.1 Å². The number of imidazole rings is 1. The number of hydrogen-bond donors (Lipinski definition) is 0. The minimum atomic E-state index is 0.388. The third kappa shape index (κ3) is 3.94. The number of halogens is 1. The number of nitrogens with zero attached hydrogens (tertiary/aromatic N) is 4. The molecular formula is C29H27ClN4O. The zero-order valence-electron chi connectivity index (χ0n) is 19.9. The van der Waals surface area contributed by atoms with E-state index in [0.717, 1.165) is 11.3 Å². The van der Waals surface area contributed by atoms with Crippen molar-refractivity contribution in [1.29, 1.82) is 0 Å². The molecule has 0 radical (unpaired) electrons. The minimum absolute atomic E-state index is 0.388. The first kappa shape index (κ1) is 22.1. The van der Waals surface area contributed by atoms with Crippen LogP contribution in [0.3, 0.4) is 0 Å². The summed E-state index contributed by atoms with van der Waals surface area (Å²) in [4.78, 5) is 13.1. The maximum absolute atomic E-state index is 6.27. The van der Waals surface area contributed by atoms with Crippen LogP contribution in [0, 0.1) is 11.3 Å². The first-order valence-electron chi connectivity index (χ1n) is 12.1. The molecule has 2 aliphatic rings. The summed E-state index contributed by atoms with van der Waals surface area (Å²) < 4.78 is 6.64. The SMILES string of the molecule is CC1(C)CCC2c3cc(-n4cnc5c(Cl)ncnc54)c4ccccc4c3C=CC2C1.c1ccoc1. The zero-order chi connectivity index (χ0) is 24.0. The number of furan rings is 1. The Hall–Kier alpha value is -3.44. The fourth-order valence-electron chi connectivity index (χ4n) is 5.75. The molecule has 1 saturated carbocycles. The Labute approximate surface area is 209 Å². The highest BCUT2D eigenvalue weighted by molar-refractivity contribution is 6.33. The van der Waals surface area contributed by atoms with E-state index in [-0.39, 0.29) is 0 Å². The summed E-state index contributed by atoms with van der Waals surface area (Å²) in [5.41, 5.74) is 5.73. The van der Waals surface area contributed by atoms with E-state index in [1.54, 1.807) is 12.5 Å². The first-order chi connectivity index (χ1) is 17.0. The van der Waals surface area contributed by atoms with E-state index in [1.807, 2.05) is 18.5 Å². The van der Waals surface area contributed by atoms with Gasteiger partial charge in [0.2, 0.25) is 0 Å². The Morgan fingerprint density at radius 1 is 1.03 bits per heavy atom. The summed E-state index contributed by atoms with van der Waals surface area (Å²) in [6.07, 6.45) is 15.1. The van der Waals surface area contributed by atoms with E-state index in [0.29, 0.717) is 27.9 Å². The fraction of sp³-hybridized carbons (Fsp3) is 0.276.